The lowest BCUT2D eigenvalue weighted by atomic mass is 10.1. The van der Waals surface area contributed by atoms with E-state index in [1.807, 2.05) is 36.5 Å². The third kappa shape index (κ3) is 2.74. The molecular weight excluding hydrogens is 382 g/mol. The van der Waals surface area contributed by atoms with Crippen LogP contribution in [0.15, 0.2) is 70.2 Å². The second-order valence-corrected chi connectivity index (χ2v) is 7.01. The second kappa shape index (κ2) is 6.07. The first-order valence-corrected chi connectivity index (χ1v) is 8.77. The SMILES string of the molecule is Cc1ccc(-c2ccn3nc(-c4ccc(Br)cc4)c(S)c3n2)cc1. The molecule has 0 radical (unpaired) electrons. The molecule has 0 aliphatic rings. The molecule has 3 nitrogen and oxygen atoms in total. The smallest absolute Gasteiger partial charge is 0.169 e. The Kier molecular flexibility index (Phi) is 3.90. The number of rotatable bonds is 2. The first-order chi connectivity index (χ1) is 11.6. The number of thiol groups is 1. The number of fused-ring (bicyclic) bond motifs is 1. The van der Waals surface area contributed by atoms with Crippen LogP contribution in [0.2, 0.25) is 0 Å². The molecule has 2 aromatic heterocycles. The summed E-state index contributed by atoms with van der Waals surface area (Å²) in [7, 11) is 0. The van der Waals surface area contributed by atoms with Gasteiger partial charge in [0.1, 0.15) is 5.69 Å². The molecule has 0 saturated carbocycles. The van der Waals surface area contributed by atoms with Gasteiger partial charge in [-0.25, -0.2) is 9.50 Å². The predicted octanol–water partition coefficient (Wildman–Crippen LogP) is 5.42. The van der Waals surface area contributed by atoms with E-state index in [9.17, 15) is 0 Å². The molecule has 2 heterocycles. The number of hydrogen-bond acceptors (Lipinski definition) is 3. The maximum absolute atomic E-state index is 4.75. The first-order valence-electron chi connectivity index (χ1n) is 7.53. The summed E-state index contributed by atoms with van der Waals surface area (Å²) in [6, 6.07) is 18.4. The molecule has 0 atom stereocenters. The Morgan fingerprint density at radius 1 is 0.917 bits per heavy atom. The molecule has 0 unspecified atom stereocenters. The van der Waals surface area contributed by atoms with E-state index in [-0.39, 0.29) is 0 Å². The van der Waals surface area contributed by atoms with Crippen molar-refractivity contribution in [2.24, 2.45) is 0 Å². The summed E-state index contributed by atoms with van der Waals surface area (Å²) < 4.78 is 2.81. The van der Waals surface area contributed by atoms with Crippen LogP contribution in [-0.2, 0) is 0 Å². The van der Waals surface area contributed by atoms with Crippen LogP contribution in [0.5, 0.6) is 0 Å². The molecule has 4 aromatic rings. The highest BCUT2D eigenvalue weighted by Crippen LogP contribution is 2.30. The summed E-state index contributed by atoms with van der Waals surface area (Å²) in [6.07, 6.45) is 1.93. The van der Waals surface area contributed by atoms with Crippen molar-refractivity contribution in [3.8, 4) is 22.5 Å². The molecule has 2 aromatic carbocycles. The van der Waals surface area contributed by atoms with E-state index in [0.29, 0.717) is 0 Å². The number of nitrogens with zero attached hydrogens (tertiary/aromatic N) is 3. The second-order valence-electron chi connectivity index (χ2n) is 5.65. The Hall–Kier alpha value is -2.11. The van der Waals surface area contributed by atoms with Gasteiger partial charge in [-0.3, -0.25) is 0 Å². The minimum atomic E-state index is 0.759. The fraction of sp³-hybridized carbons (Fsp3) is 0.0526. The van der Waals surface area contributed by atoms with Crippen molar-refractivity contribution in [3.63, 3.8) is 0 Å². The van der Waals surface area contributed by atoms with Gasteiger partial charge in [0.2, 0.25) is 0 Å². The van der Waals surface area contributed by atoms with Crippen LogP contribution in [0, 0.1) is 6.92 Å². The average Bonchev–Trinajstić information content (AvgIpc) is 2.93. The van der Waals surface area contributed by atoms with Crippen molar-refractivity contribution in [3.05, 3.63) is 70.8 Å². The van der Waals surface area contributed by atoms with Gasteiger partial charge in [-0.2, -0.15) is 5.10 Å². The lowest BCUT2D eigenvalue weighted by Crippen LogP contribution is -1.92. The number of aryl methyl sites for hydroxylation is 1. The van der Waals surface area contributed by atoms with Gasteiger partial charge in [0.15, 0.2) is 5.65 Å². The molecule has 0 aliphatic heterocycles. The van der Waals surface area contributed by atoms with E-state index >= 15 is 0 Å². The Labute approximate surface area is 153 Å². The molecule has 0 bridgehead atoms. The molecule has 0 amide bonds. The molecular formula is C19H14BrN3S. The van der Waals surface area contributed by atoms with Gasteiger partial charge >= 0.3 is 0 Å². The molecule has 0 saturated heterocycles. The number of aromatic nitrogens is 3. The van der Waals surface area contributed by atoms with Crippen molar-refractivity contribution in [1.82, 2.24) is 14.6 Å². The normalized spacial score (nSPS) is 11.1. The van der Waals surface area contributed by atoms with E-state index in [1.54, 1.807) is 4.52 Å². The summed E-state index contributed by atoms with van der Waals surface area (Å²) in [5.41, 5.74) is 5.85. The van der Waals surface area contributed by atoms with Crippen LogP contribution in [0.25, 0.3) is 28.2 Å². The Bertz CT molecular complexity index is 1020. The lowest BCUT2D eigenvalue weighted by molar-refractivity contribution is 0.944. The zero-order chi connectivity index (χ0) is 16.7. The third-order valence-electron chi connectivity index (χ3n) is 3.93. The highest BCUT2D eigenvalue weighted by atomic mass is 79.9. The van der Waals surface area contributed by atoms with Crippen LogP contribution in [0.3, 0.4) is 0 Å². The van der Waals surface area contributed by atoms with E-state index < -0.39 is 0 Å². The summed E-state index contributed by atoms with van der Waals surface area (Å²) in [5, 5.41) is 4.62. The van der Waals surface area contributed by atoms with Crippen LogP contribution >= 0.6 is 28.6 Å². The molecule has 24 heavy (non-hydrogen) atoms. The summed E-state index contributed by atoms with van der Waals surface area (Å²) in [5.74, 6) is 0. The highest BCUT2D eigenvalue weighted by molar-refractivity contribution is 9.10. The van der Waals surface area contributed by atoms with Crippen molar-refractivity contribution in [2.45, 2.75) is 11.8 Å². The van der Waals surface area contributed by atoms with Gasteiger partial charge in [0.25, 0.3) is 0 Å². The van der Waals surface area contributed by atoms with Gasteiger partial charge in [0, 0.05) is 21.8 Å². The van der Waals surface area contributed by atoms with Gasteiger partial charge < -0.3 is 0 Å². The van der Waals surface area contributed by atoms with Crippen molar-refractivity contribution in [2.75, 3.05) is 0 Å². The number of hydrogen-bond donors (Lipinski definition) is 1. The Morgan fingerprint density at radius 2 is 1.58 bits per heavy atom. The van der Waals surface area contributed by atoms with E-state index in [1.165, 1.54) is 5.56 Å². The van der Waals surface area contributed by atoms with Crippen LogP contribution in [0.4, 0.5) is 0 Å². The highest BCUT2D eigenvalue weighted by Gasteiger charge is 2.13. The van der Waals surface area contributed by atoms with Gasteiger partial charge in [-0.15, -0.1) is 12.6 Å². The predicted molar refractivity (Wildman–Crippen MR) is 104 cm³/mol. The molecule has 5 heteroatoms. The zero-order valence-corrected chi connectivity index (χ0v) is 15.4. The molecule has 0 aliphatic carbocycles. The molecule has 0 spiro atoms. The topological polar surface area (TPSA) is 30.2 Å². The van der Waals surface area contributed by atoms with Gasteiger partial charge in [-0.1, -0.05) is 57.9 Å². The zero-order valence-electron chi connectivity index (χ0n) is 12.9. The first kappa shape index (κ1) is 15.4. The largest absolute Gasteiger partial charge is 0.227 e. The molecule has 4 rings (SSSR count). The number of benzene rings is 2. The Balaban J connectivity index is 1.84. The van der Waals surface area contributed by atoms with Crippen molar-refractivity contribution < 1.29 is 0 Å². The fourth-order valence-corrected chi connectivity index (χ4v) is 3.20. The average molecular weight is 396 g/mol. The summed E-state index contributed by atoms with van der Waals surface area (Å²) in [4.78, 5) is 5.54. The maximum Gasteiger partial charge on any atom is 0.169 e. The van der Waals surface area contributed by atoms with E-state index in [4.69, 9.17) is 4.98 Å². The quantitative estimate of drug-likeness (QED) is 0.459. The van der Waals surface area contributed by atoms with E-state index in [0.717, 1.165) is 37.5 Å². The Morgan fingerprint density at radius 3 is 2.29 bits per heavy atom. The number of halogens is 1. The maximum atomic E-state index is 4.75. The van der Waals surface area contributed by atoms with Crippen LogP contribution < -0.4 is 0 Å². The minimum Gasteiger partial charge on any atom is -0.227 e. The molecule has 0 N–H and O–H groups in total. The monoisotopic (exact) mass is 395 g/mol. The van der Waals surface area contributed by atoms with Crippen molar-refractivity contribution in [1.29, 1.82) is 0 Å². The summed E-state index contributed by atoms with van der Waals surface area (Å²) in [6.45, 7) is 2.08. The van der Waals surface area contributed by atoms with Gasteiger partial charge in [-0.05, 0) is 25.1 Å². The van der Waals surface area contributed by atoms with Crippen LogP contribution in [-0.4, -0.2) is 14.6 Å². The van der Waals surface area contributed by atoms with Crippen LogP contribution in [0.1, 0.15) is 5.56 Å². The molecule has 118 valence electrons. The van der Waals surface area contributed by atoms with Crippen molar-refractivity contribution >= 4 is 34.2 Å². The van der Waals surface area contributed by atoms with E-state index in [2.05, 4.69) is 64.8 Å². The standard InChI is InChI=1S/C19H14BrN3S/c1-12-2-4-13(5-3-12)16-10-11-23-19(21-16)18(24)17(22-23)14-6-8-15(20)9-7-14/h2-11,24H,1H3. The fourth-order valence-electron chi connectivity index (χ4n) is 2.60. The third-order valence-corrected chi connectivity index (χ3v) is 4.87. The summed E-state index contributed by atoms with van der Waals surface area (Å²) >= 11 is 8.13. The minimum absolute atomic E-state index is 0.759. The van der Waals surface area contributed by atoms with Gasteiger partial charge in [0.05, 0.1) is 10.6 Å². The molecule has 0 fully saturated rings. The lowest BCUT2D eigenvalue weighted by Gasteiger charge is -2.02.